The molecule has 0 aliphatic rings. The van der Waals surface area contributed by atoms with Gasteiger partial charge in [0.1, 0.15) is 0 Å². The lowest BCUT2D eigenvalue weighted by Gasteiger charge is -2.08. The van der Waals surface area contributed by atoms with E-state index in [0.29, 0.717) is 0 Å². The second kappa shape index (κ2) is 9.32. The number of benzene rings is 4. The third kappa shape index (κ3) is 4.33. The summed E-state index contributed by atoms with van der Waals surface area (Å²) in [5.74, 6) is 0. The number of aromatic nitrogens is 1. The molecule has 0 N–H and O–H groups in total. The molecule has 0 atom stereocenters. The van der Waals surface area contributed by atoms with Crippen molar-refractivity contribution >= 4 is 44.6 Å². The molecule has 166 valence electrons. The molecule has 0 bridgehead atoms. The van der Waals surface area contributed by atoms with E-state index < -0.39 is 0 Å². The number of hydrogen-bond donors (Lipinski definition) is 0. The van der Waals surface area contributed by atoms with Crippen molar-refractivity contribution in [2.75, 3.05) is 0 Å². The Balaban J connectivity index is 1.41. The van der Waals surface area contributed by atoms with Gasteiger partial charge in [0, 0.05) is 27.9 Å². The number of aliphatic imine (C=N–C) groups is 2. The third-order valence-corrected chi connectivity index (χ3v) is 5.97. The minimum Gasteiger partial charge on any atom is -0.309 e. The molecule has 3 nitrogen and oxygen atoms in total. The van der Waals surface area contributed by atoms with Crippen molar-refractivity contribution in [2.45, 2.75) is 20.8 Å². The molecule has 0 saturated carbocycles. The number of nitrogens with zero attached hydrogens (tertiary/aromatic N) is 3. The van der Waals surface area contributed by atoms with Crippen LogP contribution in [0.3, 0.4) is 0 Å². The fourth-order valence-corrected chi connectivity index (χ4v) is 4.28. The van der Waals surface area contributed by atoms with Crippen LogP contribution in [0.25, 0.3) is 27.5 Å². The Morgan fingerprint density at radius 3 is 1.76 bits per heavy atom. The SMILES string of the molecule is CC(/C=C\C(C)=Nc1ccccc1C)=Nc1ccc(-n2c3ccccc3c3ccccc32)cc1. The van der Waals surface area contributed by atoms with Crippen LogP contribution in [0, 0.1) is 6.92 Å². The van der Waals surface area contributed by atoms with Crippen LogP contribution in [0.5, 0.6) is 0 Å². The number of fused-ring (bicyclic) bond motifs is 3. The van der Waals surface area contributed by atoms with Gasteiger partial charge in [-0.25, -0.2) is 0 Å². The number of para-hydroxylation sites is 3. The van der Waals surface area contributed by atoms with E-state index in [1.807, 2.05) is 44.2 Å². The maximum atomic E-state index is 4.77. The topological polar surface area (TPSA) is 29.6 Å². The molecule has 0 spiro atoms. The van der Waals surface area contributed by atoms with Gasteiger partial charge in [-0.2, -0.15) is 0 Å². The average Bonchev–Trinajstić information content (AvgIpc) is 3.19. The summed E-state index contributed by atoms with van der Waals surface area (Å²) < 4.78 is 2.32. The number of hydrogen-bond acceptors (Lipinski definition) is 2. The molecule has 0 fully saturated rings. The van der Waals surface area contributed by atoms with Gasteiger partial charge >= 0.3 is 0 Å². The molecule has 0 radical (unpaired) electrons. The van der Waals surface area contributed by atoms with Crippen LogP contribution in [0.1, 0.15) is 19.4 Å². The Hall–Kier alpha value is -4.24. The van der Waals surface area contributed by atoms with E-state index >= 15 is 0 Å². The summed E-state index contributed by atoms with van der Waals surface area (Å²) in [5.41, 5.74) is 8.54. The number of aryl methyl sites for hydroxylation is 1. The second-order valence-electron chi connectivity index (χ2n) is 8.51. The molecule has 5 rings (SSSR count). The van der Waals surface area contributed by atoms with Gasteiger partial charge in [0.15, 0.2) is 0 Å². The van der Waals surface area contributed by atoms with E-state index in [-0.39, 0.29) is 0 Å². The maximum Gasteiger partial charge on any atom is 0.0661 e. The van der Waals surface area contributed by atoms with E-state index in [0.717, 1.165) is 28.5 Å². The first-order valence-electron chi connectivity index (χ1n) is 11.5. The maximum absolute atomic E-state index is 4.77. The van der Waals surface area contributed by atoms with Gasteiger partial charge in [-0.1, -0.05) is 54.6 Å². The Morgan fingerprint density at radius 2 is 1.15 bits per heavy atom. The largest absolute Gasteiger partial charge is 0.309 e. The van der Waals surface area contributed by atoms with Crippen molar-refractivity contribution in [3.8, 4) is 5.69 Å². The molecular weight excluding hydrogens is 414 g/mol. The molecule has 5 aromatic rings. The van der Waals surface area contributed by atoms with Crippen molar-refractivity contribution in [3.05, 3.63) is 115 Å². The highest BCUT2D eigenvalue weighted by Gasteiger charge is 2.10. The third-order valence-electron chi connectivity index (χ3n) is 5.97. The first-order chi connectivity index (χ1) is 16.6. The number of allylic oxidation sites excluding steroid dienone is 2. The highest BCUT2D eigenvalue weighted by Crippen LogP contribution is 2.32. The summed E-state index contributed by atoms with van der Waals surface area (Å²) in [5, 5.41) is 2.54. The van der Waals surface area contributed by atoms with Gasteiger partial charge in [0.2, 0.25) is 0 Å². The fourth-order valence-electron chi connectivity index (χ4n) is 4.28. The fraction of sp³-hybridized carbons (Fsp3) is 0.0968. The highest BCUT2D eigenvalue weighted by atomic mass is 15.0. The molecule has 0 unspecified atom stereocenters. The van der Waals surface area contributed by atoms with Crippen molar-refractivity contribution in [3.63, 3.8) is 0 Å². The van der Waals surface area contributed by atoms with Crippen LogP contribution in [-0.2, 0) is 0 Å². The zero-order chi connectivity index (χ0) is 23.5. The number of rotatable bonds is 5. The normalized spacial score (nSPS) is 12.8. The minimum atomic E-state index is 0.931. The highest BCUT2D eigenvalue weighted by molar-refractivity contribution is 6.09. The standard InChI is InChI=1S/C31H27N3/c1-22-10-4-7-13-29(22)33-24(3)17-16-23(2)32-25-18-20-26(21-19-25)34-30-14-8-5-11-27(30)28-12-6-9-15-31(28)34/h4-21H,1-3H3/b17-16-,32-23?,33-24?. The molecule has 0 amide bonds. The second-order valence-corrected chi connectivity index (χ2v) is 8.51. The first kappa shape index (κ1) is 21.6. The molecule has 0 aliphatic carbocycles. The Labute approximate surface area is 200 Å². The summed E-state index contributed by atoms with van der Waals surface area (Å²) >= 11 is 0. The minimum absolute atomic E-state index is 0.931. The van der Waals surface area contributed by atoms with Crippen LogP contribution in [0.2, 0.25) is 0 Å². The Bertz CT molecular complexity index is 1510. The van der Waals surface area contributed by atoms with E-state index in [2.05, 4.69) is 90.4 Å². The zero-order valence-electron chi connectivity index (χ0n) is 19.7. The molecule has 4 aromatic carbocycles. The zero-order valence-corrected chi connectivity index (χ0v) is 19.7. The summed E-state index contributed by atoms with van der Waals surface area (Å²) in [6, 6.07) is 33.7. The van der Waals surface area contributed by atoms with Crippen LogP contribution in [-0.4, -0.2) is 16.0 Å². The van der Waals surface area contributed by atoms with Gasteiger partial charge in [0.25, 0.3) is 0 Å². The van der Waals surface area contributed by atoms with Crippen LogP contribution in [0.4, 0.5) is 11.4 Å². The molecule has 34 heavy (non-hydrogen) atoms. The lowest BCUT2D eigenvalue weighted by molar-refractivity contribution is 1.18. The van der Waals surface area contributed by atoms with Gasteiger partial charge in [-0.15, -0.1) is 0 Å². The summed E-state index contributed by atoms with van der Waals surface area (Å²) in [6.07, 6.45) is 4.02. The molecule has 3 heteroatoms. The van der Waals surface area contributed by atoms with Crippen LogP contribution < -0.4 is 0 Å². The van der Waals surface area contributed by atoms with Crippen LogP contribution >= 0.6 is 0 Å². The molecule has 1 aromatic heterocycles. The van der Waals surface area contributed by atoms with Crippen molar-refractivity contribution in [1.29, 1.82) is 0 Å². The molecule has 0 aliphatic heterocycles. The van der Waals surface area contributed by atoms with E-state index in [4.69, 9.17) is 9.98 Å². The molecule has 0 saturated heterocycles. The predicted octanol–water partition coefficient (Wildman–Crippen LogP) is 8.53. The van der Waals surface area contributed by atoms with Crippen molar-refractivity contribution < 1.29 is 0 Å². The average molecular weight is 442 g/mol. The van der Waals surface area contributed by atoms with Gasteiger partial charge in [-0.05, 0) is 81.0 Å². The van der Waals surface area contributed by atoms with Crippen molar-refractivity contribution in [1.82, 2.24) is 4.57 Å². The Morgan fingerprint density at radius 1 is 0.618 bits per heavy atom. The van der Waals surface area contributed by atoms with Gasteiger partial charge < -0.3 is 4.57 Å². The Kier molecular flexibility index (Phi) is 5.92. The lowest BCUT2D eigenvalue weighted by atomic mass is 10.2. The lowest BCUT2D eigenvalue weighted by Crippen LogP contribution is -1.93. The summed E-state index contributed by atoms with van der Waals surface area (Å²) in [7, 11) is 0. The van der Waals surface area contributed by atoms with Crippen molar-refractivity contribution in [2.24, 2.45) is 9.98 Å². The van der Waals surface area contributed by atoms with Gasteiger partial charge in [-0.3, -0.25) is 9.98 Å². The monoisotopic (exact) mass is 441 g/mol. The summed E-state index contributed by atoms with van der Waals surface area (Å²) in [6.45, 7) is 6.10. The first-order valence-corrected chi connectivity index (χ1v) is 11.5. The molecular formula is C31H27N3. The van der Waals surface area contributed by atoms with Gasteiger partial charge in [0.05, 0.1) is 22.4 Å². The van der Waals surface area contributed by atoms with E-state index in [1.54, 1.807) is 0 Å². The summed E-state index contributed by atoms with van der Waals surface area (Å²) in [4.78, 5) is 9.47. The quantitative estimate of drug-likeness (QED) is 0.245. The van der Waals surface area contributed by atoms with E-state index in [9.17, 15) is 0 Å². The molecule has 1 heterocycles. The smallest absolute Gasteiger partial charge is 0.0661 e. The van der Waals surface area contributed by atoms with Crippen LogP contribution in [0.15, 0.2) is 119 Å². The predicted molar refractivity (Wildman–Crippen MR) is 147 cm³/mol. The van der Waals surface area contributed by atoms with E-state index in [1.165, 1.54) is 27.4 Å².